The Morgan fingerprint density at radius 3 is 2.67 bits per heavy atom. The van der Waals surface area contributed by atoms with E-state index in [2.05, 4.69) is 47.9 Å². The Bertz CT molecular complexity index is 470. The van der Waals surface area contributed by atoms with Crippen molar-refractivity contribution in [1.82, 2.24) is 15.2 Å². The summed E-state index contributed by atoms with van der Waals surface area (Å²) in [5, 5.41) is 4.22. The fourth-order valence-corrected chi connectivity index (χ4v) is 2.73. The van der Waals surface area contributed by atoms with Gasteiger partial charge in [-0.3, -0.25) is 0 Å². The lowest BCUT2D eigenvalue weighted by molar-refractivity contribution is 0.360. The minimum absolute atomic E-state index is 0.0977. The molecule has 1 N–H and O–H groups in total. The van der Waals surface area contributed by atoms with Gasteiger partial charge >= 0.3 is 0 Å². The molecule has 0 bridgehead atoms. The number of hydrogen-bond acceptors (Lipinski definition) is 4. The van der Waals surface area contributed by atoms with Crippen LogP contribution in [-0.2, 0) is 6.54 Å². The molecule has 1 aliphatic heterocycles. The summed E-state index contributed by atoms with van der Waals surface area (Å²) in [6, 6.07) is 2.04. The lowest BCUT2D eigenvalue weighted by Crippen LogP contribution is -2.35. The van der Waals surface area contributed by atoms with Crippen molar-refractivity contribution in [3.8, 4) is 0 Å². The maximum Gasteiger partial charge on any atom is 0.147 e. The Morgan fingerprint density at radius 1 is 1.24 bits per heavy atom. The van der Waals surface area contributed by atoms with Gasteiger partial charge in [0.15, 0.2) is 0 Å². The standard InChI is InChI=1S/C16H27ClN4/c1-16(2,3)19-12-13-10-14(17)15(18-11-13)21-7-5-6-20(4)8-9-21/h10-11,19H,5-9,12H2,1-4H3. The molecule has 1 aromatic rings. The summed E-state index contributed by atoms with van der Waals surface area (Å²) < 4.78 is 0. The third-order valence-electron chi connectivity index (χ3n) is 3.72. The maximum atomic E-state index is 6.46. The average molecular weight is 311 g/mol. The number of rotatable bonds is 3. The highest BCUT2D eigenvalue weighted by Gasteiger charge is 2.17. The van der Waals surface area contributed by atoms with Crippen LogP contribution >= 0.6 is 11.6 Å². The summed E-state index contributed by atoms with van der Waals surface area (Å²) >= 11 is 6.46. The van der Waals surface area contributed by atoms with Gasteiger partial charge in [0.2, 0.25) is 0 Å². The summed E-state index contributed by atoms with van der Waals surface area (Å²) in [4.78, 5) is 9.26. The molecule has 4 nitrogen and oxygen atoms in total. The van der Waals surface area contributed by atoms with Gasteiger partial charge in [0.1, 0.15) is 5.82 Å². The van der Waals surface area contributed by atoms with Gasteiger partial charge in [0.05, 0.1) is 5.02 Å². The molecule has 0 atom stereocenters. The molecule has 1 aromatic heterocycles. The first-order chi connectivity index (χ1) is 9.85. The lowest BCUT2D eigenvalue weighted by Gasteiger charge is -2.24. The third-order valence-corrected chi connectivity index (χ3v) is 4.00. The fraction of sp³-hybridized carbons (Fsp3) is 0.688. The van der Waals surface area contributed by atoms with Crippen LogP contribution in [0.1, 0.15) is 32.8 Å². The number of nitrogens with one attached hydrogen (secondary N) is 1. The van der Waals surface area contributed by atoms with Crippen LogP contribution in [0.5, 0.6) is 0 Å². The summed E-state index contributed by atoms with van der Waals surface area (Å²) in [5.41, 5.74) is 1.23. The molecule has 5 heteroatoms. The molecule has 0 amide bonds. The van der Waals surface area contributed by atoms with Gasteiger partial charge in [-0.15, -0.1) is 0 Å². The number of pyridine rings is 1. The first-order valence-electron chi connectivity index (χ1n) is 7.68. The van der Waals surface area contributed by atoms with E-state index >= 15 is 0 Å². The van der Waals surface area contributed by atoms with Crippen molar-refractivity contribution in [2.45, 2.75) is 39.3 Å². The molecule has 1 fully saturated rings. The molecular formula is C16H27ClN4. The molecule has 118 valence electrons. The minimum atomic E-state index is 0.0977. The van der Waals surface area contributed by atoms with E-state index in [1.807, 2.05) is 12.3 Å². The largest absolute Gasteiger partial charge is 0.354 e. The highest BCUT2D eigenvalue weighted by molar-refractivity contribution is 6.33. The van der Waals surface area contributed by atoms with E-state index in [4.69, 9.17) is 11.6 Å². The molecular weight excluding hydrogens is 284 g/mol. The number of anilines is 1. The van der Waals surface area contributed by atoms with E-state index < -0.39 is 0 Å². The van der Waals surface area contributed by atoms with Crippen molar-refractivity contribution in [1.29, 1.82) is 0 Å². The normalized spacial score (nSPS) is 17.9. The van der Waals surface area contributed by atoms with E-state index in [0.29, 0.717) is 0 Å². The average Bonchev–Trinajstić information content (AvgIpc) is 2.61. The number of hydrogen-bond donors (Lipinski definition) is 1. The fourth-order valence-electron chi connectivity index (χ4n) is 2.43. The SMILES string of the molecule is CN1CCCN(c2ncc(CNC(C)(C)C)cc2Cl)CC1. The predicted molar refractivity (Wildman–Crippen MR) is 90.2 cm³/mol. The number of nitrogens with zero attached hydrogens (tertiary/aromatic N) is 3. The van der Waals surface area contributed by atoms with E-state index in [-0.39, 0.29) is 5.54 Å². The Morgan fingerprint density at radius 2 is 2.00 bits per heavy atom. The number of halogens is 1. The summed E-state index contributed by atoms with van der Waals surface area (Å²) in [5.74, 6) is 0.923. The maximum absolute atomic E-state index is 6.46. The van der Waals surface area contributed by atoms with Crippen LogP contribution in [0.25, 0.3) is 0 Å². The number of aromatic nitrogens is 1. The first kappa shape index (κ1) is 16.5. The van der Waals surface area contributed by atoms with Crippen molar-refractivity contribution in [3.63, 3.8) is 0 Å². The van der Waals surface area contributed by atoms with Gasteiger partial charge < -0.3 is 15.1 Å². The Kier molecular flexibility index (Phi) is 5.47. The van der Waals surface area contributed by atoms with Gasteiger partial charge in [-0.1, -0.05) is 11.6 Å². The van der Waals surface area contributed by atoms with Crippen molar-refractivity contribution in [2.75, 3.05) is 38.1 Å². The van der Waals surface area contributed by atoms with E-state index in [9.17, 15) is 0 Å². The molecule has 2 heterocycles. The van der Waals surface area contributed by atoms with Crippen LogP contribution in [0.15, 0.2) is 12.3 Å². The van der Waals surface area contributed by atoms with E-state index in [1.165, 1.54) is 0 Å². The molecule has 0 aromatic carbocycles. The van der Waals surface area contributed by atoms with Crippen LogP contribution in [0.3, 0.4) is 0 Å². The van der Waals surface area contributed by atoms with Gasteiger partial charge in [-0.25, -0.2) is 4.98 Å². The van der Waals surface area contributed by atoms with Crippen LogP contribution < -0.4 is 10.2 Å². The third kappa shape index (κ3) is 5.13. The molecule has 0 spiro atoms. The minimum Gasteiger partial charge on any atom is -0.354 e. The zero-order valence-electron chi connectivity index (χ0n) is 13.6. The first-order valence-corrected chi connectivity index (χ1v) is 8.06. The van der Waals surface area contributed by atoms with Gasteiger partial charge in [-0.2, -0.15) is 0 Å². The van der Waals surface area contributed by atoms with Gasteiger partial charge in [-0.05, 0) is 52.4 Å². The van der Waals surface area contributed by atoms with Crippen molar-refractivity contribution in [3.05, 3.63) is 22.8 Å². The van der Waals surface area contributed by atoms with Crippen molar-refractivity contribution < 1.29 is 0 Å². The van der Waals surface area contributed by atoms with Crippen LogP contribution in [-0.4, -0.2) is 48.6 Å². The smallest absolute Gasteiger partial charge is 0.147 e. The summed E-state index contributed by atoms with van der Waals surface area (Å²) in [6.45, 7) is 11.5. The molecule has 2 rings (SSSR count). The predicted octanol–water partition coefficient (Wildman–Crippen LogP) is 2.77. The molecule has 0 radical (unpaired) electrons. The Labute approximate surface area is 133 Å². The lowest BCUT2D eigenvalue weighted by atomic mass is 10.1. The molecule has 0 unspecified atom stereocenters. The van der Waals surface area contributed by atoms with Gasteiger partial charge in [0.25, 0.3) is 0 Å². The van der Waals surface area contributed by atoms with Crippen molar-refractivity contribution in [2.24, 2.45) is 0 Å². The quantitative estimate of drug-likeness (QED) is 0.930. The second-order valence-corrected chi connectivity index (χ2v) is 7.30. The zero-order valence-corrected chi connectivity index (χ0v) is 14.4. The van der Waals surface area contributed by atoms with E-state index in [0.717, 1.165) is 55.5 Å². The number of likely N-dealkylation sites (N-methyl/N-ethyl adjacent to an activating group) is 1. The van der Waals surface area contributed by atoms with E-state index in [1.54, 1.807) is 0 Å². The molecule has 1 aliphatic rings. The molecule has 1 saturated heterocycles. The second-order valence-electron chi connectivity index (χ2n) is 6.90. The Balaban J connectivity index is 2.04. The Hall–Kier alpha value is -0.840. The molecule has 21 heavy (non-hydrogen) atoms. The van der Waals surface area contributed by atoms with Gasteiger partial charge in [0, 0.05) is 37.9 Å². The zero-order chi connectivity index (χ0) is 15.5. The summed E-state index contributed by atoms with van der Waals surface area (Å²) in [7, 11) is 2.17. The molecule has 0 aliphatic carbocycles. The monoisotopic (exact) mass is 310 g/mol. The van der Waals surface area contributed by atoms with Crippen LogP contribution in [0.4, 0.5) is 5.82 Å². The highest BCUT2D eigenvalue weighted by Crippen LogP contribution is 2.25. The van der Waals surface area contributed by atoms with Crippen molar-refractivity contribution >= 4 is 17.4 Å². The van der Waals surface area contributed by atoms with Crippen LogP contribution in [0.2, 0.25) is 5.02 Å². The highest BCUT2D eigenvalue weighted by atomic mass is 35.5. The topological polar surface area (TPSA) is 31.4 Å². The summed E-state index contributed by atoms with van der Waals surface area (Å²) in [6.07, 6.45) is 3.09. The van der Waals surface area contributed by atoms with Crippen LogP contribution in [0, 0.1) is 0 Å². The second kappa shape index (κ2) is 6.95. The molecule has 0 saturated carbocycles.